The first-order valence-corrected chi connectivity index (χ1v) is 16.6. The third-order valence-corrected chi connectivity index (χ3v) is 7.82. The number of hydrogen-bond acceptors (Lipinski definition) is 10. The van der Waals surface area contributed by atoms with Crippen LogP contribution in [0.4, 0.5) is 15.4 Å². The van der Waals surface area contributed by atoms with Gasteiger partial charge in [0.25, 0.3) is 0 Å². The summed E-state index contributed by atoms with van der Waals surface area (Å²) < 4.78 is 21.9. The van der Waals surface area contributed by atoms with Gasteiger partial charge in [-0.05, 0) is 108 Å². The zero-order chi connectivity index (χ0) is 36.8. The van der Waals surface area contributed by atoms with Crippen LogP contribution in [0, 0.1) is 5.92 Å². The summed E-state index contributed by atoms with van der Waals surface area (Å²) in [6, 6.07) is 18.5. The SMILES string of the molecule is COc1ccc(COC(=O)C2C(Cc3ccnc(N(C(=O)OC(C)(C)C)C(=O)OC(C)(C)C)c3)C(=O)N2C(=S)N[C@H](C)c2ccccc2)cc1. The molecule has 1 fully saturated rings. The molecule has 1 aliphatic heterocycles. The van der Waals surface area contributed by atoms with E-state index in [4.69, 9.17) is 31.2 Å². The van der Waals surface area contributed by atoms with Crippen molar-refractivity contribution in [3.05, 3.63) is 89.6 Å². The number of hydrogen-bond donors (Lipinski definition) is 1. The molecular weight excluding hydrogens is 660 g/mol. The predicted octanol–water partition coefficient (Wildman–Crippen LogP) is 6.52. The van der Waals surface area contributed by atoms with E-state index in [0.717, 1.165) is 11.1 Å². The molecular formula is C37H44N4O8S. The van der Waals surface area contributed by atoms with Crippen LogP contribution in [0.5, 0.6) is 5.75 Å². The van der Waals surface area contributed by atoms with Crippen LogP contribution in [-0.2, 0) is 36.8 Å². The lowest BCUT2D eigenvalue weighted by atomic mass is 9.82. The number of β-lactam (4-membered cyclic amide) rings is 1. The highest BCUT2D eigenvalue weighted by atomic mass is 32.1. The fourth-order valence-electron chi connectivity index (χ4n) is 5.13. The molecule has 3 atom stereocenters. The number of carbonyl (C=O) groups is 4. The van der Waals surface area contributed by atoms with Crippen molar-refractivity contribution in [3.63, 3.8) is 0 Å². The number of thiocarbonyl (C=S) groups is 1. The number of rotatable bonds is 9. The number of likely N-dealkylation sites (tertiary alicyclic amines) is 1. The molecule has 4 rings (SSSR count). The lowest BCUT2D eigenvalue weighted by molar-refractivity contribution is -0.168. The first-order chi connectivity index (χ1) is 23.5. The van der Waals surface area contributed by atoms with Crippen LogP contribution in [0.2, 0.25) is 0 Å². The van der Waals surface area contributed by atoms with Gasteiger partial charge in [0.05, 0.1) is 19.1 Å². The Labute approximate surface area is 298 Å². The van der Waals surface area contributed by atoms with Crippen LogP contribution in [0.25, 0.3) is 0 Å². The van der Waals surface area contributed by atoms with Crippen LogP contribution in [-0.4, -0.2) is 63.4 Å². The van der Waals surface area contributed by atoms with Gasteiger partial charge in [0.2, 0.25) is 5.91 Å². The van der Waals surface area contributed by atoms with Crippen molar-refractivity contribution in [1.82, 2.24) is 15.2 Å². The second kappa shape index (κ2) is 15.7. The average molecular weight is 705 g/mol. The highest BCUT2D eigenvalue weighted by Crippen LogP contribution is 2.33. The number of carbonyl (C=O) groups excluding carboxylic acids is 4. The minimum absolute atomic E-state index is 0.0329. The molecule has 50 heavy (non-hydrogen) atoms. The van der Waals surface area contributed by atoms with Crippen molar-refractivity contribution in [1.29, 1.82) is 0 Å². The van der Waals surface area contributed by atoms with E-state index in [-0.39, 0.29) is 35.9 Å². The van der Waals surface area contributed by atoms with Gasteiger partial charge in [-0.25, -0.2) is 19.4 Å². The molecule has 1 aromatic heterocycles. The molecule has 0 bridgehead atoms. The Hall–Kier alpha value is -5.04. The topological polar surface area (TPSA) is 137 Å². The Kier molecular flexibility index (Phi) is 11.8. The van der Waals surface area contributed by atoms with E-state index >= 15 is 0 Å². The second-order valence-electron chi connectivity index (χ2n) is 13.8. The first kappa shape index (κ1) is 37.8. The number of benzene rings is 2. The minimum atomic E-state index is -1.05. The number of pyridine rings is 1. The normalized spacial score (nSPS) is 16.4. The number of methoxy groups -OCH3 is 1. The fraction of sp³-hybridized carbons (Fsp3) is 0.405. The molecule has 2 aromatic carbocycles. The predicted molar refractivity (Wildman–Crippen MR) is 190 cm³/mol. The first-order valence-electron chi connectivity index (χ1n) is 16.2. The van der Waals surface area contributed by atoms with Crippen molar-refractivity contribution >= 4 is 47.2 Å². The Morgan fingerprint density at radius 2 is 1.52 bits per heavy atom. The van der Waals surface area contributed by atoms with E-state index in [1.54, 1.807) is 79.0 Å². The number of esters is 1. The Balaban J connectivity index is 1.60. The van der Waals surface area contributed by atoms with Crippen LogP contribution in [0.15, 0.2) is 72.9 Å². The molecule has 12 nitrogen and oxygen atoms in total. The van der Waals surface area contributed by atoms with Gasteiger partial charge in [0, 0.05) is 6.20 Å². The van der Waals surface area contributed by atoms with Crippen molar-refractivity contribution in [2.75, 3.05) is 12.0 Å². The molecule has 13 heteroatoms. The third kappa shape index (κ3) is 9.78. The maximum atomic E-state index is 13.7. The minimum Gasteiger partial charge on any atom is -0.497 e. The number of anilines is 1. The van der Waals surface area contributed by atoms with E-state index in [1.807, 2.05) is 37.3 Å². The summed E-state index contributed by atoms with van der Waals surface area (Å²) in [6.45, 7) is 11.9. The summed E-state index contributed by atoms with van der Waals surface area (Å²) in [7, 11) is 1.56. The lowest BCUT2D eigenvalue weighted by Gasteiger charge is -2.45. The lowest BCUT2D eigenvalue weighted by Crippen LogP contribution is -2.68. The zero-order valence-electron chi connectivity index (χ0n) is 29.6. The van der Waals surface area contributed by atoms with Crippen LogP contribution in [0.1, 0.15) is 71.2 Å². The van der Waals surface area contributed by atoms with Crippen LogP contribution in [0.3, 0.4) is 0 Å². The van der Waals surface area contributed by atoms with Crippen LogP contribution >= 0.6 is 12.2 Å². The molecule has 1 saturated heterocycles. The molecule has 1 aliphatic rings. The third-order valence-electron chi connectivity index (χ3n) is 7.50. The van der Waals surface area contributed by atoms with E-state index in [1.165, 1.54) is 17.2 Å². The smallest absolute Gasteiger partial charge is 0.425 e. The average Bonchev–Trinajstić information content (AvgIpc) is 3.04. The van der Waals surface area contributed by atoms with Gasteiger partial charge >= 0.3 is 18.2 Å². The summed E-state index contributed by atoms with van der Waals surface area (Å²) in [5.74, 6) is -1.29. The molecule has 3 amide bonds. The second-order valence-corrected chi connectivity index (χ2v) is 14.2. The number of aromatic nitrogens is 1. The maximum absolute atomic E-state index is 13.7. The molecule has 0 radical (unpaired) electrons. The monoisotopic (exact) mass is 704 g/mol. The fourth-order valence-corrected chi connectivity index (χ4v) is 5.51. The maximum Gasteiger partial charge on any atom is 0.425 e. The molecule has 266 valence electrons. The quantitative estimate of drug-likeness (QED) is 0.113. The zero-order valence-corrected chi connectivity index (χ0v) is 30.4. The number of imide groups is 1. The Bertz CT molecular complexity index is 1670. The molecule has 0 spiro atoms. The van der Waals surface area contributed by atoms with Crippen molar-refractivity contribution < 1.29 is 38.1 Å². The van der Waals surface area contributed by atoms with Gasteiger partial charge in [0.15, 0.2) is 5.11 Å². The summed E-state index contributed by atoms with van der Waals surface area (Å²) >= 11 is 5.65. The van der Waals surface area contributed by atoms with Crippen molar-refractivity contribution in [2.24, 2.45) is 5.92 Å². The van der Waals surface area contributed by atoms with Gasteiger partial charge in [-0.15, -0.1) is 0 Å². The van der Waals surface area contributed by atoms with Gasteiger partial charge in [-0.2, -0.15) is 4.90 Å². The summed E-state index contributed by atoms with van der Waals surface area (Å²) in [5.41, 5.74) is 0.368. The Morgan fingerprint density at radius 3 is 2.08 bits per heavy atom. The molecule has 2 heterocycles. The number of nitrogens with zero attached hydrogens (tertiary/aromatic N) is 3. The van der Waals surface area contributed by atoms with Crippen molar-refractivity contribution in [3.8, 4) is 5.75 Å². The summed E-state index contributed by atoms with van der Waals surface area (Å²) in [5, 5.41) is 3.25. The van der Waals surface area contributed by atoms with Gasteiger partial charge in [0.1, 0.15) is 35.4 Å². The standard InChI is InChI=1S/C37H44N4O8S/c1-23(26-12-10-9-11-13-26)39-33(50)41-30(32(43)47-22-24-14-16-27(46-8)17-15-24)28(31(41)42)20-25-18-19-38-29(21-25)40(34(44)48-36(2,3)4)35(45)49-37(5,6)7/h9-19,21,23,28,30H,20,22H2,1-8H3,(H,39,50)/t23-,28?,30?/m1/s1. The van der Waals surface area contributed by atoms with E-state index < -0.39 is 41.3 Å². The van der Waals surface area contributed by atoms with Crippen LogP contribution < -0.4 is 15.0 Å². The highest BCUT2D eigenvalue weighted by Gasteiger charge is 2.54. The number of nitrogens with one attached hydrogen (secondary N) is 1. The number of ether oxygens (including phenoxy) is 4. The molecule has 1 N–H and O–H groups in total. The summed E-state index contributed by atoms with van der Waals surface area (Å²) in [6.07, 6.45) is -0.504. The van der Waals surface area contributed by atoms with Crippen molar-refractivity contribution in [2.45, 2.75) is 84.8 Å². The van der Waals surface area contributed by atoms with E-state index in [0.29, 0.717) is 16.2 Å². The molecule has 0 aliphatic carbocycles. The number of amides is 3. The summed E-state index contributed by atoms with van der Waals surface area (Å²) in [4.78, 5) is 60.1. The van der Waals surface area contributed by atoms with Gasteiger partial charge < -0.3 is 24.3 Å². The van der Waals surface area contributed by atoms with E-state index in [2.05, 4.69) is 10.3 Å². The van der Waals surface area contributed by atoms with Gasteiger partial charge in [-0.3, -0.25) is 9.69 Å². The van der Waals surface area contributed by atoms with Gasteiger partial charge in [-0.1, -0.05) is 42.5 Å². The van der Waals surface area contributed by atoms with E-state index in [9.17, 15) is 19.2 Å². The molecule has 0 saturated carbocycles. The largest absolute Gasteiger partial charge is 0.497 e. The molecule has 2 unspecified atom stereocenters. The highest BCUT2D eigenvalue weighted by molar-refractivity contribution is 7.80. The molecule has 3 aromatic rings. The Morgan fingerprint density at radius 1 is 0.920 bits per heavy atom.